The molecule has 6 heteroatoms. The number of halogens is 3. The molecular weight excluding hydrogens is 657 g/mol. The molecule has 0 aliphatic carbocycles. The molecule has 0 saturated heterocycles. The lowest BCUT2D eigenvalue weighted by atomic mass is 10.1. The summed E-state index contributed by atoms with van der Waals surface area (Å²) < 4.78 is 4.20. The summed E-state index contributed by atoms with van der Waals surface area (Å²) in [7, 11) is 0. The van der Waals surface area contributed by atoms with Crippen LogP contribution in [0.2, 0.25) is 6.04 Å². The third-order valence-corrected chi connectivity index (χ3v) is 9.71. The van der Waals surface area contributed by atoms with Gasteiger partial charge in [0.05, 0.1) is 6.61 Å². The molecule has 0 aromatic rings. The zero-order valence-electron chi connectivity index (χ0n) is 15.1. The van der Waals surface area contributed by atoms with E-state index in [2.05, 4.69) is 72.0 Å². The molecule has 0 amide bonds. The van der Waals surface area contributed by atoms with Crippen LogP contribution in [0.15, 0.2) is 12.2 Å². The van der Waals surface area contributed by atoms with E-state index in [4.69, 9.17) is 4.74 Å². The van der Waals surface area contributed by atoms with E-state index in [1.165, 1.54) is 76.7 Å². The van der Waals surface area contributed by atoms with E-state index in [1.807, 2.05) is 0 Å². The maximum absolute atomic E-state index is 11.2. The Morgan fingerprint density at radius 1 is 0.792 bits per heavy atom. The molecule has 0 aromatic carbocycles. The van der Waals surface area contributed by atoms with Gasteiger partial charge in [0.15, 0.2) is 0 Å². The van der Waals surface area contributed by atoms with Crippen molar-refractivity contribution in [3.05, 3.63) is 12.2 Å². The minimum Gasteiger partial charge on any atom is -0.462 e. The first-order valence-electron chi connectivity index (χ1n) is 9.22. The predicted octanol–water partition coefficient (Wildman–Crippen LogP) is 8.03. The van der Waals surface area contributed by atoms with Gasteiger partial charge >= 0.3 is 5.97 Å². The Kier molecular flexibility index (Phi) is 17.9. The molecule has 142 valence electrons. The Bertz CT molecular complexity index is 344. The van der Waals surface area contributed by atoms with Crippen molar-refractivity contribution >= 4 is 71.9 Å². The van der Waals surface area contributed by atoms with E-state index in [0.717, 1.165) is 6.42 Å². The standard InChI is InChI=1S/C18H33I3O2Si/c1-17(2)18(22)23-15-13-11-9-7-5-3-4-6-8-10-12-14-16-24(19,20)21/h1,3-16H2,2H3. The zero-order chi connectivity index (χ0) is 18.3. The predicted molar refractivity (Wildman–Crippen MR) is 134 cm³/mol. The summed E-state index contributed by atoms with van der Waals surface area (Å²) >= 11 is 8.00. The number of hydrogen-bond donors (Lipinski definition) is 0. The molecule has 0 bridgehead atoms. The molecule has 2 nitrogen and oxygen atoms in total. The topological polar surface area (TPSA) is 26.3 Å². The normalized spacial score (nSPS) is 11.5. The van der Waals surface area contributed by atoms with Crippen LogP contribution in [0.1, 0.15) is 84.0 Å². The van der Waals surface area contributed by atoms with Crippen LogP contribution in [-0.4, -0.2) is 13.1 Å². The van der Waals surface area contributed by atoms with Crippen LogP contribution in [0.25, 0.3) is 0 Å². The second-order valence-corrected chi connectivity index (χ2v) is 43.4. The lowest BCUT2D eigenvalue weighted by molar-refractivity contribution is -0.139. The maximum atomic E-state index is 11.2. The van der Waals surface area contributed by atoms with Crippen molar-refractivity contribution < 1.29 is 9.53 Å². The van der Waals surface area contributed by atoms with Crippen molar-refractivity contribution in [1.82, 2.24) is 0 Å². The molecule has 0 aromatic heterocycles. The Morgan fingerprint density at radius 3 is 1.54 bits per heavy atom. The van der Waals surface area contributed by atoms with E-state index in [-0.39, 0.29) is 5.97 Å². The molecule has 0 N–H and O–H groups in total. The smallest absolute Gasteiger partial charge is 0.333 e. The van der Waals surface area contributed by atoms with Crippen molar-refractivity contribution in [3.8, 4) is 0 Å². The zero-order valence-corrected chi connectivity index (χ0v) is 22.5. The van der Waals surface area contributed by atoms with Crippen LogP contribution in [0, 0.1) is 0 Å². The molecule has 0 saturated carbocycles. The van der Waals surface area contributed by atoms with E-state index in [1.54, 1.807) is 6.92 Å². The molecule has 0 aliphatic heterocycles. The summed E-state index contributed by atoms with van der Waals surface area (Å²) in [4.78, 5) is 11.2. The van der Waals surface area contributed by atoms with Crippen LogP contribution >= 0.6 is 65.4 Å². The van der Waals surface area contributed by atoms with E-state index < -0.39 is 0.564 Å². The Morgan fingerprint density at radius 2 is 1.17 bits per heavy atom. The lowest BCUT2D eigenvalue weighted by Gasteiger charge is -2.08. The summed E-state index contributed by atoms with van der Waals surface area (Å²) in [5.74, 6) is -0.255. The molecule has 0 rings (SSSR count). The summed E-state index contributed by atoms with van der Waals surface area (Å²) in [6.07, 6.45) is 16.0. The third kappa shape index (κ3) is 19.9. The number of ether oxygens (including phenoxy) is 1. The SMILES string of the molecule is C=C(C)C(=O)OCCCCCCCCCCCCCC[Si](I)(I)I. The maximum Gasteiger partial charge on any atom is 0.333 e. The minimum absolute atomic E-state index is 0.255. The summed E-state index contributed by atoms with van der Waals surface area (Å²) in [6, 6.07) is 1.46. The molecule has 24 heavy (non-hydrogen) atoms. The van der Waals surface area contributed by atoms with Gasteiger partial charge in [-0.25, -0.2) is 4.79 Å². The highest BCUT2D eigenvalue weighted by atomic mass is 127. The van der Waals surface area contributed by atoms with Crippen molar-refractivity contribution in [2.45, 2.75) is 90.0 Å². The lowest BCUT2D eigenvalue weighted by Crippen LogP contribution is -2.05. The number of unbranched alkanes of at least 4 members (excludes halogenated alkanes) is 11. The van der Waals surface area contributed by atoms with Crippen LogP contribution in [0.5, 0.6) is 0 Å². The summed E-state index contributed by atoms with van der Waals surface area (Å²) in [5, 5.41) is 0. The third-order valence-electron chi connectivity index (χ3n) is 3.94. The first-order chi connectivity index (χ1) is 11.3. The first-order valence-corrected chi connectivity index (χ1v) is 20.8. The monoisotopic (exact) mass is 690 g/mol. The van der Waals surface area contributed by atoms with Crippen molar-refractivity contribution in [1.29, 1.82) is 0 Å². The average molecular weight is 690 g/mol. The van der Waals surface area contributed by atoms with Gasteiger partial charge < -0.3 is 4.74 Å². The van der Waals surface area contributed by atoms with Gasteiger partial charge in [-0.3, -0.25) is 0 Å². The fourth-order valence-corrected chi connectivity index (χ4v) is 6.57. The van der Waals surface area contributed by atoms with Crippen LogP contribution in [0.3, 0.4) is 0 Å². The van der Waals surface area contributed by atoms with Gasteiger partial charge in [-0.1, -0.05) is 143 Å². The molecule has 0 spiro atoms. The molecule has 0 unspecified atom stereocenters. The first kappa shape index (κ1) is 25.6. The van der Waals surface area contributed by atoms with Crippen molar-refractivity contribution in [2.24, 2.45) is 0 Å². The number of carbonyl (C=O) groups excluding carboxylic acids is 1. The minimum atomic E-state index is -0.889. The summed E-state index contributed by atoms with van der Waals surface area (Å²) in [5.41, 5.74) is 0.491. The van der Waals surface area contributed by atoms with Gasteiger partial charge in [0, 0.05) is 5.57 Å². The average Bonchev–Trinajstić information content (AvgIpc) is 2.49. The summed E-state index contributed by atoms with van der Waals surface area (Å²) in [6.45, 7) is 5.81. The number of rotatable bonds is 16. The highest BCUT2D eigenvalue weighted by Gasteiger charge is 2.19. The van der Waals surface area contributed by atoms with Crippen LogP contribution in [0.4, 0.5) is 0 Å². The van der Waals surface area contributed by atoms with Gasteiger partial charge in [0.1, 0.15) is 0 Å². The molecule has 0 fully saturated rings. The fourth-order valence-electron chi connectivity index (χ4n) is 2.48. The second-order valence-electron chi connectivity index (χ2n) is 6.52. The van der Waals surface area contributed by atoms with Crippen LogP contribution in [-0.2, 0) is 9.53 Å². The Balaban J connectivity index is 3.13. The molecule has 0 atom stereocenters. The number of carbonyl (C=O) groups is 1. The number of hydrogen-bond acceptors (Lipinski definition) is 2. The van der Waals surface area contributed by atoms with E-state index in [9.17, 15) is 4.79 Å². The van der Waals surface area contributed by atoms with Gasteiger partial charge in [0.2, 0.25) is 0 Å². The van der Waals surface area contributed by atoms with Crippen LogP contribution < -0.4 is 0 Å². The van der Waals surface area contributed by atoms with E-state index in [0.29, 0.717) is 12.2 Å². The molecule has 0 radical (unpaired) electrons. The van der Waals surface area contributed by atoms with Crippen molar-refractivity contribution in [3.63, 3.8) is 0 Å². The van der Waals surface area contributed by atoms with Gasteiger partial charge in [-0.2, -0.15) is 0 Å². The molecule has 0 heterocycles. The Hall–Kier alpha value is 1.62. The molecular formula is C18H33I3O2Si. The fraction of sp³-hybridized carbons (Fsp3) is 0.833. The highest BCUT2D eigenvalue weighted by molar-refractivity contribution is 14.4. The van der Waals surface area contributed by atoms with Gasteiger partial charge in [0.25, 0.3) is 0.564 Å². The quantitative estimate of drug-likeness (QED) is 0.0410. The van der Waals surface area contributed by atoms with Gasteiger partial charge in [-0.15, -0.1) is 0 Å². The largest absolute Gasteiger partial charge is 0.462 e. The van der Waals surface area contributed by atoms with Crippen molar-refractivity contribution in [2.75, 3.05) is 6.61 Å². The number of esters is 1. The Labute approximate surface area is 188 Å². The highest BCUT2D eigenvalue weighted by Crippen LogP contribution is 2.35. The molecule has 0 aliphatic rings. The van der Waals surface area contributed by atoms with E-state index >= 15 is 0 Å². The van der Waals surface area contributed by atoms with Gasteiger partial charge in [-0.05, 0) is 19.4 Å². The second kappa shape index (κ2) is 16.8.